The van der Waals surface area contributed by atoms with Gasteiger partial charge in [-0.15, -0.1) is 0 Å². The second kappa shape index (κ2) is 8.38. The smallest absolute Gasteiger partial charge is 0.313 e. The van der Waals surface area contributed by atoms with Gasteiger partial charge >= 0.3 is 11.9 Å². The van der Waals surface area contributed by atoms with Gasteiger partial charge in [0.05, 0.1) is 0 Å². The van der Waals surface area contributed by atoms with Crippen LogP contribution in [0.5, 0.6) is 0 Å². The molecule has 0 aromatic rings. The van der Waals surface area contributed by atoms with E-state index in [1.165, 1.54) is 13.8 Å². The number of carbonyl (C=O) groups excluding carboxylic acids is 3. The largest absolute Gasteiger partial charge is 0.481 e. The standard InChI is InChI=1S/C8H14O3.C4H6O3/c1-6(9)5-7(10)11-8(2,3)4;1-3(5)2-4(6)7/h5H2,1-4H3;2H2,1H3,(H,6,7). The van der Waals surface area contributed by atoms with Crippen LogP contribution in [0, 0.1) is 0 Å². The molecule has 0 rings (SSSR count). The average Bonchev–Trinajstić information content (AvgIpc) is 1.94. The van der Waals surface area contributed by atoms with E-state index in [-0.39, 0.29) is 24.4 Å². The minimum Gasteiger partial charge on any atom is -0.481 e. The summed E-state index contributed by atoms with van der Waals surface area (Å²) in [6.07, 6.45) is -0.489. The molecule has 0 aliphatic heterocycles. The van der Waals surface area contributed by atoms with Crippen LogP contribution < -0.4 is 0 Å². The Labute approximate surface area is 106 Å². The summed E-state index contributed by atoms with van der Waals surface area (Å²) in [5, 5.41) is 7.86. The third-order valence-electron chi connectivity index (χ3n) is 1.21. The average molecular weight is 260 g/mol. The summed E-state index contributed by atoms with van der Waals surface area (Å²) in [6, 6.07) is 0. The number of carbonyl (C=O) groups is 4. The summed E-state index contributed by atoms with van der Waals surface area (Å²) in [7, 11) is 0. The quantitative estimate of drug-likeness (QED) is 0.605. The van der Waals surface area contributed by atoms with Crippen LogP contribution >= 0.6 is 0 Å². The van der Waals surface area contributed by atoms with Crippen molar-refractivity contribution in [3.8, 4) is 0 Å². The second-order valence-electron chi connectivity index (χ2n) is 4.74. The molecule has 0 fully saturated rings. The zero-order valence-corrected chi connectivity index (χ0v) is 11.4. The van der Waals surface area contributed by atoms with Gasteiger partial charge in [-0.3, -0.25) is 19.2 Å². The van der Waals surface area contributed by atoms with Crippen LogP contribution in [0.15, 0.2) is 0 Å². The topological polar surface area (TPSA) is 97.7 Å². The maximum absolute atomic E-state index is 10.8. The monoisotopic (exact) mass is 260 g/mol. The van der Waals surface area contributed by atoms with Gasteiger partial charge in [0, 0.05) is 0 Å². The first kappa shape index (κ1) is 18.6. The van der Waals surface area contributed by atoms with Gasteiger partial charge < -0.3 is 9.84 Å². The van der Waals surface area contributed by atoms with Crippen molar-refractivity contribution < 1.29 is 29.0 Å². The molecule has 0 amide bonds. The molecule has 0 bridgehead atoms. The van der Waals surface area contributed by atoms with Crippen molar-refractivity contribution in [1.29, 1.82) is 0 Å². The van der Waals surface area contributed by atoms with E-state index in [4.69, 9.17) is 9.84 Å². The molecule has 0 saturated heterocycles. The Morgan fingerprint density at radius 2 is 1.33 bits per heavy atom. The minimum atomic E-state index is -1.06. The number of hydrogen-bond donors (Lipinski definition) is 1. The molecule has 104 valence electrons. The first-order valence-electron chi connectivity index (χ1n) is 5.36. The fourth-order valence-corrected chi connectivity index (χ4v) is 0.794. The molecule has 0 saturated carbocycles. The van der Waals surface area contributed by atoms with E-state index in [1.54, 1.807) is 20.8 Å². The number of carboxylic acid groups (broad SMARTS) is 1. The number of aliphatic carboxylic acids is 1. The van der Waals surface area contributed by atoms with Crippen LogP contribution in [0.25, 0.3) is 0 Å². The molecule has 0 unspecified atom stereocenters. The number of carboxylic acids is 1. The van der Waals surface area contributed by atoms with Crippen LogP contribution in [-0.4, -0.2) is 34.2 Å². The van der Waals surface area contributed by atoms with E-state index in [9.17, 15) is 19.2 Å². The molecular formula is C12H20O6. The Bertz CT molecular complexity index is 312. The third-order valence-corrected chi connectivity index (χ3v) is 1.21. The van der Waals surface area contributed by atoms with Gasteiger partial charge in [0.1, 0.15) is 30.0 Å². The summed E-state index contributed by atoms with van der Waals surface area (Å²) in [4.78, 5) is 40.7. The van der Waals surface area contributed by atoms with Crippen molar-refractivity contribution in [1.82, 2.24) is 0 Å². The lowest BCUT2D eigenvalue weighted by Gasteiger charge is -2.18. The SMILES string of the molecule is CC(=O)CC(=O)O.CC(=O)CC(=O)OC(C)(C)C. The number of ether oxygens (including phenoxy) is 1. The predicted octanol–water partition coefficient (Wildman–Crippen LogP) is 1.36. The molecule has 18 heavy (non-hydrogen) atoms. The van der Waals surface area contributed by atoms with Crippen molar-refractivity contribution in [3.05, 3.63) is 0 Å². The van der Waals surface area contributed by atoms with E-state index in [0.717, 1.165) is 0 Å². The minimum absolute atomic E-state index is 0.128. The third kappa shape index (κ3) is 19.8. The maximum Gasteiger partial charge on any atom is 0.313 e. The first-order chi connectivity index (χ1) is 7.94. The summed E-state index contributed by atoms with van der Waals surface area (Å²) < 4.78 is 4.89. The Morgan fingerprint density at radius 1 is 0.944 bits per heavy atom. The molecule has 0 aliphatic carbocycles. The highest BCUT2D eigenvalue weighted by Crippen LogP contribution is 2.07. The van der Waals surface area contributed by atoms with E-state index >= 15 is 0 Å². The fourth-order valence-electron chi connectivity index (χ4n) is 0.794. The second-order valence-corrected chi connectivity index (χ2v) is 4.74. The Hall–Kier alpha value is -1.72. The number of rotatable bonds is 4. The van der Waals surface area contributed by atoms with Crippen molar-refractivity contribution in [2.45, 2.75) is 53.1 Å². The highest BCUT2D eigenvalue weighted by Gasteiger charge is 2.16. The van der Waals surface area contributed by atoms with E-state index in [0.29, 0.717) is 0 Å². The van der Waals surface area contributed by atoms with Crippen molar-refractivity contribution >= 4 is 23.5 Å². The van der Waals surface area contributed by atoms with Gasteiger partial charge in [-0.05, 0) is 34.6 Å². The number of esters is 1. The summed E-state index contributed by atoms with van der Waals surface area (Å²) in [5.41, 5.74) is -0.494. The van der Waals surface area contributed by atoms with E-state index in [1.807, 2.05) is 0 Å². The molecule has 0 atom stereocenters. The zero-order valence-electron chi connectivity index (χ0n) is 11.4. The molecule has 0 aromatic carbocycles. The van der Waals surface area contributed by atoms with Crippen LogP contribution in [0.4, 0.5) is 0 Å². The number of hydrogen-bond acceptors (Lipinski definition) is 5. The van der Waals surface area contributed by atoms with Gasteiger partial charge in [0.2, 0.25) is 0 Å². The normalized spacial score (nSPS) is 9.83. The lowest BCUT2D eigenvalue weighted by Crippen LogP contribution is -2.24. The Kier molecular flexibility index (Phi) is 8.68. The van der Waals surface area contributed by atoms with Gasteiger partial charge in [-0.25, -0.2) is 0 Å². The van der Waals surface area contributed by atoms with Crippen molar-refractivity contribution in [2.75, 3.05) is 0 Å². The first-order valence-corrected chi connectivity index (χ1v) is 5.36. The highest BCUT2D eigenvalue weighted by molar-refractivity contribution is 5.94. The molecule has 0 spiro atoms. The molecule has 0 aliphatic rings. The highest BCUT2D eigenvalue weighted by atomic mass is 16.6. The molecule has 6 nitrogen and oxygen atoms in total. The molecule has 0 radical (unpaired) electrons. The van der Waals surface area contributed by atoms with Crippen molar-refractivity contribution in [3.63, 3.8) is 0 Å². The van der Waals surface area contributed by atoms with Gasteiger partial charge in [0.25, 0.3) is 0 Å². The number of Topliss-reactive ketones (excluding diaryl/α,β-unsaturated/α-hetero) is 2. The van der Waals surface area contributed by atoms with Crippen LogP contribution in [-0.2, 0) is 23.9 Å². The fraction of sp³-hybridized carbons (Fsp3) is 0.667. The Balaban J connectivity index is 0. The summed E-state index contributed by atoms with van der Waals surface area (Å²) in [5.74, 6) is -2.00. The lowest BCUT2D eigenvalue weighted by molar-refractivity contribution is -0.156. The molecular weight excluding hydrogens is 240 g/mol. The van der Waals surface area contributed by atoms with Crippen LogP contribution in [0.2, 0.25) is 0 Å². The molecule has 0 heterocycles. The zero-order chi connectivity index (χ0) is 14.9. The van der Waals surface area contributed by atoms with Crippen molar-refractivity contribution in [2.24, 2.45) is 0 Å². The van der Waals surface area contributed by atoms with Crippen LogP contribution in [0.3, 0.4) is 0 Å². The van der Waals surface area contributed by atoms with Crippen LogP contribution in [0.1, 0.15) is 47.5 Å². The van der Waals surface area contributed by atoms with E-state index in [2.05, 4.69) is 0 Å². The lowest BCUT2D eigenvalue weighted by atomic mass is 10.2. The Morgan fingerprint density at radius 3 is 1.50 bits per heavy atom. The predicted molar refractivity (Wildman–Crippen MR) is 64.1 cm³/mol. The molecule has 0 aromatic heterocycles. The maximum atomic E-state index is 10.8. The summed E-state index contributed by atoms with van der Waals surface area (Å²) in [6.45, 7) is 7.92. The molecule has 6 heteroatoms. The van der Waals surface area contributed by atoms with Gasteiger partial charge in [0.15, 0.2) is 0 Å². The molecule has 1 N–H and O–H groups in total. The number of ketones is 2. The summed E-state index contributed by atoms with van der Waals surface area (Å²) >= 11 is 0. The van der Waals surface area contributed by atoms with Gasteiger partial charge in [-0.1, -0.05) is 0 Å². The van der Waals surface area contributed by atoms with Gasteiger partial charge in [-0.2, -0.15) is 0 Å². The van der Waals surface area contributed by atoms with E-state index < -0.39 is 17.5 Å².